The SMILES string of the molecule is Cc1cc(C)cc(C2C=CC[P+]2=O)c1. The van der Waals surface area contributed by atoms with Crippen LogP contribution in [0.3, 0.4) is 0 Å². The molecular weight excluding hydrogens is 191 g/mol. The van der Waals surface area contributed by atoms with Crippen molar-refractivity contribution in [3.8, 4) is 0 Å². The molecule has 14 heavy (non-hydrogen) atoms. The first-order chi connectivity index (χ1) is 6.66. The second-order valence-electron chi connectivity index (χ2n) is 3.89. The van der Waals surface area contributed by atoms with Crippen molar-refractivity contribution in [3.05, 3.63) is 47.0 Å². The van der Waals surface area contributed by atoms with Crippen LogP contribution in [0.1, 0.15) is 22.3 Å². The quantitative estimate of drug-likeness (QED) is 0.504. The summed E-state index contributed by atoms with van der Waals surface area (Å²) in [5, 5.41) is 0. The van der Waals surface area contributed by atoms with E-state index in [9.17, 15) is 4.57 Å². The Kier molecular flexibility index (Phi) is 2.52. The molecule has 0 N–H and O–H groups in total. The van der Waals surface area contributed by atoms with Gasteiger partial charge in [-0.1, -0.05) is 33.9 Å². The van der Waals surface area contributed by atoms with E-state index in [4.69, 9.17) is 0 Å². The van der Waals surface area contributed by atoms with Crippen molar-refractivity contribution >= 4 is 7.80 Å². The lowest BCUT2D eigenvalue weighted by Crippen LogP contribution is -1.89. The molecule has 2 atom stereocenters. The van der Waals surface area contributed by atoms with Crippen molar-refractivity contribution in [2.75, 3.05) is 6.16 Å². The zero-order valence-electron chi connectivity index (χ0n) is 8.53. The predicted octanol–water partition coefficient (Wildman–Crippen LogP) is 3.74. The minimum atomic E-state index is -1.09. The number of benzene rings is 1. The van der Waals surface area contributed by atoms with Gasteiger partial charge in [0.05, 0.1) is 0 Å². The molecule has 1 aliphatic heterocycles. The van der Waals surface area contributed by atoms with Gasteiger partial charge in [0.1, 0.15) is 0 Å². The van der Waals surface area contributed by atoms with Gasteiger partial charge >= 0.3 is 7.80 Å². The van der Waals surface area contributed by atoms with E-state index < -0.39 is 7.80 Å². The summed E-state index contributed by atoms with van der Waals surface area (Å²) in [6.45, 7) is 4.17. The van der Waals surface area contributed by atoms with E-state index in [0.29, 0.717) is 0 Å². The van der Waals surface area contributed by atoms with E-state index in [2.05, 4.69) is 38.1 Å². The van der Waals surface area contributed by atoms with Crippen LogP contribution in [0.25, 0.3) is 0 Å². The normalized spacial score (nSPS) is 23.0. The van der Waals surface area contributed by atoms with Gasteiger partial charge in [-0.25, -0.2) is 0 Å². The fourth-order valence-corrected chi connectivity index (χ4v) is 3.31. The fraction of sp³-hybridized carbons (Fsp3) is 0.333. The van der Waals surface area contributed by atoms with Crippen LogP contribution in [0.15, 0.2) is 30.4 Å². The molecule has 0 bridgehead atoms. The molecular formula is C12H14OP+. The summed E-state index contributed by atoms with van der Waals surface area (Å²) in [6, 6.07) is 6.43. The summed E-state index contributed by atoms with van der Waals surface area (Å²) >= 11 is 0. The Morgan fingerprint density at radius 2 is 1.86 bits per heavy atom. The molecule has 72 valence electrons. The third-order valence-corrected chi connectivity index (χ3v) is 4.16. The lowest BCUT2D eigenvalue weighted by molar-refractivity contribution is 0.587. The summed E-state index contributed by atoms with van der Waals surface area (Å²) in [5.41, 5.74) is 3.87. The molecule has 2 rings (SSSR count). The first-order valence-corrected chi connectivity index (χ1v) is 6.37. The smallest absolute Gasteiger partial charge is 0.0734 e. The molecule has 0 saturated heterocycles. The molecule has 1 aliphatic rings. The van der Waals surface area contributed by atoms with E-state index in [0.717, 1.165) is 6.16 Å². The molecule has 1 heterocycles. The first-order valence-electron chi connectivity index (χ1n) is 4.85. The van der Waals surface area contributed by atoms with Crippen molar-refractivity contribution in [1.29, 1.82) is 0 Å². The van der Waals surface area contributed by atoms with Gasteiger partial charge < -0.3 is 0 Å². The Labute approximate surface area is 85.6 Å². The molecule has 0 spiro atoms. The maximum absolute atomic E-state index is 11.7. The van der Waals surface area contributed by atoms with Gasteiger partial charge in [-0.3, -0.25) is 0 Å². The summed E-state index contributed by atoms with van der Waals surface area (Å²) in [7, 11) is -1.09. The molecule has 1 aromatic carbocycles. The first kappa shape index (κ1) is 9.61. The van der Waals surface area contributed by atoms with E-state index in [-0.39, 0.29) is 5.66 Å². The maximum atomic E-state index is 11.7. The van der Waals surface area contributed by atoms with Gasteiger partial charge in [0.2, 0.25) is 0 Å². The van der Waals surface area contributed by atoms with E-state index >= 15 is 0 Å². The predicted molar refractivity (Wildman–Crippen MR) is 60.3 cm³/mol. The highest BCUT2D eigenvalue weighted by Crippen LogP contribution is 2.46. The molecule has 1 aromatic rings. The average molecular weight is 205 g/mol. The minimum Gasteiger partial charge on any atom is -0.0734 e. The van der Waals surface area contributed by atoms with E-state index in [1.54, 1.807) is 0 Å². The molecule has 0 amide bonds. The maximum Gasteiger partial charge on any atom is 0.354 e. The van der Waals surface area contributed by atoms with Crippen molar-refractivity contribution in [2.45, 2.75) is 19.5 Å². The second kappa shape index (κ2) is 3.67. The number of allylic oxidation sites excluding steroid dienone is 2. The molecule has 2 unspecified atom stereocenters. The third-order valence-electron chi connectivity index (χ3n) is 2.50. The summed E-state index contributed by atoms with van der Waals surface area (Å²) in [6.07, 6.45) is 4.85. The standard InChI is InChI=1S/C12H14OP/c1-9-6-10(2)8-11(7-9)12-4-3-5-14(12)13/h3-4,6-8,12H,5H2,1-2H3/q+1. The molecule has 2 heteroatoms. The largest absolute Gasteiger partial charge is 0.354 e. The lowest BCUT2D eigenvalue weighted by atomic mass is 10.0. The van der Waals surface area contributed by atoms with E-state index in [1.807, 2.05) is 6.08 Å². The van der Waals surface area contributed by atoms with Crippen molar-refractivity contribution in [1.82, 2.24) is 0 Å². The van der Waals surface area contributed by atoms with Crippen molar-refractivity contribution in [3.63, 3.8) is 0 Å². The Balaban J connectivity index is 2.41. The molecule has 0 aliphatic carbocycles. The van der Waals surface area contributed by atoms with Crippen LogP contribution in [0.2, 0.25) is 0 Å². The third kappa shape index (κ3) is 1.78. The van der Waals surface area contributed by atoms with Crippen LogP contribution >= 0.6 is 7.80 Å². The zero-order chi connectivity index (χ0) is 10.1. The highest BCUT2D eigenvalue weighted by atomic mass is 31.1. The average Bonchev–Trinajstić information content (AvgIpc) is 2.49. The van der Waals surface area contributed by atoms with Crippen LogP contribution in [0.4, 0.5) is 0 Å². The Bertz CT molecular complexity index is 387. The number of hydrogen-bond acceptors (Lipinski definition) is 1. The van der Waals surface area contributed by atoms with Crippen LogP contribution < -0.4 is 0 Å². The fourth-order valence-electron chi connectivity index (χ4n) is 1.96. The Morgan fingerprint density at radius 1 is 1.21 bits per heavy atom. The van der Waals surface area contributed by atoms with Gasteiger partial charge in [-0.05, 0) is 26.0 Å². The van der Waals surface area contributed by atoms with Gasteiger partial charge in [0.25, 0.3) is 0 Å². The van der Waals surface area contributed by atoms with Crippen molar-refractivity contribution in [2.24, 2.45) is 0 Å². The Morgan fingerprint density at radius 3 is 2.36 bits per heavy atom. The van der Waals surface area contributed by atoms with Gasteiger partial charge in [0, 0.05) is 5.56 Å². The summed E-state index contributed by atoms with van der Waals surface area (Å²) in [5.74, 6) is 0. The zero-order valence-corrected chi connectivity index (χ0v) is 9.42. The van der Waals surface area contributed by atoms with Gasteiger partial charge in [-0.2, -0.15) is 0 Å². The molecule has 0 radical (unpaired) electrons. The highest BCUT2D eigenvalue weighted by Gasteiger charge is 2.32. The monoisotopic (exact) mass is 205 g/mol. The second-order valence-corrected chi connectivity index (χ2v) is 5.65. The summed E-state index contributed by atoms with van der Waals surface area (Å²) < 4.78 is 11.7. The van der Waals surface area contributed by atoms with Crippen LogP contribution in [0.5, 0.6) is 0 Å². The molecule has 0 aromatic heterocycles. The van der Waals surface area contributed by atoms with Gasteiger partial charge in [-0.15, -0.1) is 0 Å². The summed E-state index contributed by atoms with van der Waals surface area (Å²) in [4.78, 5) is 0. The van der Waals surface area contributed by atoms with Crippen LogP contribution in [-0.4, -0.2) is 6.16 Å². The number of rotatable bonds is 1. The van der Waals surface area contributed by atoms with Crippen LogP contribution in [-0.2, 0) is 4.57 Å². The number of hydrogen-bond donors (Lipinski definition) is 0. The molecule has 1 nitrogen and oxygen atoms in total. The van der Waals surface area contributed by atoms with Gasteiger partial charge in [0.15, 0.2) is 11.8 Å². The lowest BCUT2D eigenvalue weighted by Gasteiger charge is -2.03. The topological polar surface area (TPSA) is 17.1 Å². The van der Waals surface area contributed by atoms with Crippen molar-refractivity contribution < 1.29 is 4.57 Å². The Hall–Kier alpha value is -0.940. The van der Waals surface area contributed by atoms with E-state index in [1.165, 1.54) is 16.7 Å². The van der Waals surface area contributed by atoms with Crippen LogP contribution in [0, 0.1) is 13.8 Å². The highest BCUT2D eigenvalue weighted by molar-refractivity contribution is 7.46. The molecule has 0 fully saturated rings. The minimum absolute atomic E-state index is 0.156. The number of aryl methyl sites for hydroxylation is 2. The molecule has 0 saturated carbocycles.